The van der Waals surface area contributed by atoms with Crippen molar-refractivity contribution in [3.05, 3.63) is 0 Å². The Hall–Kier alpha value is -0.480. The normalized spacial score (nSPS) is 23.5. The number of ether oxygens (including phenoxy) is 1. The van der Waals surface area contributed by atoms with Gasteiger partial charge in [-0.1, -0.05) is 5.92 Å². The first kappa shape index (κ1) is 5.65. The van der Waals surface area contributed by atoms with Crippen LogP contribution in [0.1, 0.15) is 19.3 Å². The third-order valence-corrected chi connectivity index (χ3v) is 1.82. The van der Waals surface area contributed by atoms with Crippen LogP contribution in [0, 0.1) is 12.3 Å². The molecule has 0 aromatic carbocycles. The fraction of sp³-hybridized carbons (Fsp3) is 0.714. The molecule has 0 saturated heterocycles. The number of methoxy groups -OCH3 is 1. The van der Waals surface area contributed by atoms with Crippen LogP contribution in [0.25, 0.3) is 0 Å². The zero-order chi connectivity index (χ0) is 6.04. The lowest BCUT2D eigenvalue weighted by atomic mass is 9.81. The molecule has 1 heteroatoms. The number of rotatable bonds is 1. The lowest BCUT2D eigenvalue weighted by Gasteiger charge is -2.35. The molecule has 1 rings (SSSR count). The molecule has 0 amide bonds. The zero-order valence-electron chi connectivity index (χ0n) is 5.11. The Balaban J connectivity index is 2.49. The molecule has 1 nitrogen and oxygen atoms in total. The molecule has 1 fully saturated rings. The molecule has 0 atom stereocenters. The van der Waals surface area contributed by atoms with E-state index in [0.29, 0.717) is 0 Å². The summed E-state index contributed by atoms with van der Waals surface area (Å²) in [7, 11) is 1.68. The van der Waals surface area contributed by atoms with Crippen LogP contribution in [0.5, 0.6) is 0 Å². The van der Waals surface area contributed by atoms with Crippen molar-refractivity contribution in [2.24, 2.45) is 0 Å². The Morgan fingerprint density at radius 3 is 2.25 bits per heavy atom. The van der Waals surface area contributed by atoms with Crippen LogP contribution in [0.4, 0.5) is 0 Å². The SMILES string of the molecule is C#CC1(OC)CCC1. The summed E-state index contributed by atoms with van der Waals surface area (Å²) in [4.78, 5) is 0. The van der Waals surface area contributed by atoms with Gasteiger partial charge >= 0.3 is 0 Å². The van der Waals surface area contributed by atoms with Crippen LogP contribution in [0.2, 0.25) is 0 Å². The highest BCUT2D eigenvalue weighted by atomic mass is 16.5. The predicted molar refractivity (Wildman–Crippen MR) is 32.4 cm³/mol. The summed E-state index contributed by atoms with van der Waals surface area (Å²) in [5.74, 6) is 2.64. The number of hydrogen-bond acceptors (Lipinski definition) is 1. The van der Waals surface area contributed by atoms with Crippen LogP contribution in [-0.2, 0) is 4.74 Å². The molecule has 0 radical (unpaired) electrons. The summed E-state index contributed by atoms with van der Waals surface area (Å²) in [6, 6.07) is 0. The second kappa shape index (κ2) is 1.80. The fourth-order valence-electron chi connectivity index (χ4n) is 0.905. The highest BCUT2D eigenvalue weighted by molar-refractivity contribution is 5.13. The Morgan fingerprint density at radius 2 is 2.25 bits per heavy atom. The van der Waals surface area contributed by atoms with Crippen LogP contribution in [0.3, 0.4) is 0 Å². The first-order chi connectivity index (χ1) is 3.83. The summed E-state index contributed by atoms with van der Waals surface area (Å²) in [5.41, 5.74) is -0.167. The van der Waals surface area contributed by atoms with Crippen LogP contribution in [0.15, 0.2) is 0 Å². The summed E-state index contributed by atoms with van der Waals surface area (Å²) in [6.07, 6.45) is 8.51. The minimum atomic E-state index is -0.167. The molecule has 0 aromatic rings. The van der Waals surface area contributed by atoms with E-state index in [9.17, 15) is 0 Å². The maximum atomic E-state index is 5.20. The first-order valence-corrected chi connectivity index (χ1v) is 2.86. The van der Waals surface area contributed by atoms with Crippen molar-refractivity contribution in [1.29, 1.82) is 0 Å². The van der Waals surface area contributed by atoms with Gasteiger partial charge < -0.3 is 4.74 Å². The monoisotopic (exact) mass is 110 g/mol. The van der Waals surface area contributed by atoms with Gasteiger partial charge in [0.2, 0.25) is 0 Å². The van der Waals surface area contributed by atoms with E-state index in [2.05, 4.69) is 5.92 Å². The van der Waals surface area contributed by atoms with Gasteiger partial charge in [0.15, 0.2) is 0 Å². The third kappa shape index (κ3) is 0.617. The average molecular weight is 110 g/mol. The maximum absolute atomic E-state index is 5.20. The molecule has 0 aliphatic heterocycles. The summed E-state index contributed by atoms with van der Waals surface area (Å²) >= 11 is 0. The molecular weight excluding hydrogens is 100 g/mol. The molecule has 0 heterocycles. The van der Waals surface area contributed by atoms with E-state index in [-0.39, 0.29) is 5.60 Å². The van der Waals surface area contributed by atoms with E-state index < -0.39 is 0 Å². The second-order valence-electron chi connectivity index (χ2n) is 2.20. The maximum Gasteiger partial charge on any atom is 0.128 e. The van der Waals surface area contributed by atoms with Crippen LogP contribution >= 0.6 is 0 Å². The van der Waals surface area contributed by atoms with Crippen LogP contribution < -0.4 is 0 Å². The van der Waals surface area contributed by atoms with Crippen molar-refractivity contribution in [3.63, 3.8) is 0 Å². The molecule has 0 aromatic heterocycles. The quantitative estimate of drug-likeness (QED) is 0.461. The van der Waals surface area contributed by atoms with E-state index >= 15 is 0 Å². The molecule has 1 saturated carbocycles. The van der Waals surface area contributed by atoms with Gasteiger partial charge in [-0.25, -0.2) is 0 Å². The zero-order valence-corrected chi connectivity index (χ0v) is 5.11. The Kier molecular flexibility index (Phi) is 1.27. The van der Waals surface area contributed by atoms with Crippen molar-refractivity contribution in [2.45, 2.75) is 24.9 Å². The number of hydrogen-bond donors (Lipinski definition) is 0. The lowest BCUT2D eigenvalue weighted by molar-refractivity contribution is -0.0213. The summed E-state index contributed by atoms with van der Waals surface area (Å²) in [5, 5.41) is 0. The molecule has 1 aliphatic rings. The molecule has 8 heavy (non-hydrogen) atoms. The predicted octanol–water partition coefficient (Wildman–Crippen LogP) is 1.19. The summed E-state index contributed by atoms with van der Waals surface area (Å²) in [6.45, 7) is 0. The van der Waals surface area contributed by atoms with Gasteiger partial charge in [-0.05, 0) is 19.3 Å². The smallest absolute Gasteiger partial charge is 0.128 e. The van der Waals surface area contributed by atoms with Crippen molar-refractivity contribution < 1.29 is 4.74 Å². The Labute approximate surface area is 50.0 Å². The third-order valence-electron chi connectivity index (χ3n) is 1.82. The Bertz CT molecular complexity index is 111. The molecule has 0 N–H and O–H groups in total. The van der Waals surface area contributed by atoms with Gasteiger partial charge in [0, 0.05) is 7.11 Å². The summed E-state index contributed by atoms with van der Waals surface area (Å²) < 4.78 is 5.09. The largest absolute Gasteiger partial charge is 0.366 e. The molecule has 0 spiro atoms. The average Bonchev–Trinajstić information content (AvgIpc) is 1.67. The van der Waals surface area contributed by atoms with Gasteiger partial charge in [0.25, 0.3) is 0 Å². The first-order valence-electron chi connectivity index (χ1n) is 2.86. The highest BCUT2D eigenvalue weighted by Gasteiger charge is 2.34. The van der Waals surface area contributed by atoms with Gasteiger partial charge in [-0.3, -0.25) is 0 Å². The standard InChI is InChI=1S/C7H10O/c1-3-7(8-2)5-4-6-7/h1H,4-6H2,2H3. The van der Waals surface area contributed by atoms with E-state index in [1.165, 1.54) is 6.42 Å². The van der Waals surface area contributed by atoms with Gasteiger partial charge in [0.1, 0.15) is 5.60 Å². The van der Waals surface area contributed by atoms with Crippen molar-refractivity contribution >= 4 is 0 Å². The Morgan fingerprint density at radius 1 is 1.62 bits per heavy atom. The van der Waals surface area contributed by atoms with E-state index in [0.717, 1.165) is 12.8 Å². The fourth-order valence-corrected chi connectivity index (χ4v) is 0.905. The van der Waals surface area contributed by atoms with E-state index in [4.69, 9.17) is 11.2 Å². The number of terminal acetylenes is 1. The van der Waals surface area contributed by atoms with Gasteiger partial charge in [0.05, 0.1) is 0 Å². The molecular formula is C7H10O. The minimum Gasteiger partial charge on any atom is -0.366 e. The van der Waals surface area contributed by atoms with E-state index in [1.54, 1.807) is 7.11 Å². The van der Waals surface area contributed by atoms with Gasteiger partial charge in [-0.15, -0.1) is 6.42 Å². The van der Waals surface area contributed by atoms with E-state index in [1.807, 2.05) is 0 Å². The minimum absolute atomic E-state index is 0.167. The van der Waals surface area contributed by atoms with Crippen molar-refractivity contribution in [1.82, 2.24) is 0 Å². The molecule has 0 bridgehead atoms. The highest BCUT2D eigenvalue weighted by Crippen LogP contribution is 2.33. The van der Waals surface area contributed by atoms with Gasteiger partial charge in [-0.2, -0.15) is 0 Å². The van der Waals surface area contributed by atoms with Crippen LogP contribution in [-0.4, -0.2) is 12.7 Å². The molecule has 1 aliphatic carbocycles. The second-order valence-corrected chi connectivity index (χ2v) is 2.20. The van der Waals surface area contributed by atoms with Crippen molar-refractivity contribution in [3.8, 4) is 12.3 Å². The lowest BCUT2D eigenvalue weighted by Crippen LogP contribution is -2.36. The van der Waals surface area contributed by atoms with Crippen molar-refractivity contribution in [2.75, 3.05) is 7.11 Å². The topological polar surface area (TPSA) is 9.23 Å². The molecule has 0 unspecified atom stereocenters. The molecule has 44 valence electrons.